The van der Waals surface area contributed by atoms with Gasteiger partial charge in [-0.1, -0.05) is 204 Å². The molecule has 0 saturated carbocycles. The first-order chi connectivity index (χ1) is 51.1. The first-order valence-electron chi connectivity index (χ1n) is 42.0. The van der Waals surface area contributed by atoms with Crippen LogP contribution in [-0.4, -0.2) is 22.4 Å². The van der Waals surface area contributed by atoms with Crippen molar-refractivity contribution < 1.29 is 28.5 Å². The summed E-state index contributed by atoms with van der Waals surface area (Å²) in [5, 5.41) is 36.6. The third-order valence-corrected chi connectivity index (χ3v) is 27.8. The first kappa shape index (κ1) is 79.9. The van der Waals surface area contributed by atoms with Crippen LogP contribution in [0.3, 0.4) is 0 Å². The minimum absolute atomic E-state index is 0.0341. The third kappa shape index (κ3) is 14.5. The fourth-order valence-corrected chi connectivity index (χ4v) is 21.4. The summed E-state index contributed by atoms with van der Waals surface area (Å²) in [7, 11) is 0. The lowest BCUT2D eigenvalue weighted by Gasteiger charge is -2.43. The number of fused-ring (bicyclic) bond motifs is 8. The minimum Gasteiger partial charge on any atom is -0.507 e. The van der Waals surface area contributed by atoms with E-state index in [4.69, 9.17) is 9.47 Å². The molecule has 0 aromatic heterocycles. The van der Waals surface area contributed by atoms with E-state index < -0.39 is 34.7 Å². The van der Waals surface area contributed by atoms with E-state index in [0.717, 1.165) is 130 Å². The summed E-state index contributed by atoms with van der Waals surface area (Å²) in [5.74, 6) is 0.110. The predicted molar refractivity (Wildman–Crippen MR) is 468 cm³/mol. The van der Waals surface area contributed by atoms with E-state index in [-0.39, 0.29) is 65.6 Å². The van der Waals surface area contributed by atoms with Gasteiger partial charge in [-0.05, 0) is 339 Å². The maximum atomic E-state index is 16.6. The van der Waals surface area contributed by atoms with Crippen molar-refractivity contribution in [3.8, 4) is 67.5 Å². The Morgan fingerprint density at radius 3 is 0.793 bits per heavy atom. The summed E-state index contributed by atoms with van der Waals surface area (Å²) in [4.78, 5) is 0. The van der Waals surface area contributed by atoms with Gasteiger partial charge in [-0.3, -0.25) is 0 Å². The van der Waals surface area contributed by atoms with Crippen LogP contribution in [0.15, 0.2) is 121 Å². The SMILES string of the molecule is C[C@H](C[C@H](C)Oc1ccc(F)cc1-c1cc(C(C)(C)CC(C)(C)C)cc(-c2c3cc4c(cc3cc3cc5c(cc23)C(C)(C)CCC5(C)C)C(C)(C)CCC4(C)C)c1O)Oc1ccc(F)cc1-c1cc(C(C)(C)CC(C)(C)C)cc(-c2c3cc4c(cc3cc3cc5c(cc23)C(C)(C)CCC5(C)C)C(C)(C)CCC4(C)C)c1O. The largest absolute Gasteiger partial charge is 0.507 e. The van der Waals surface area contributed by atoms with Gasteiger partial charge in [-0.25, -0.2) is 8.78 Å². The smallest absolute Gasteiger partial charge is 0.131 e. The highest BCUT2D eigenvalue weighted by atomic mass is 19.1. The molecule has 10 aromatic rings. The molecule has 0 bridgehead atoms. The lowest BCUT2D eigenvalue weighted by molar-refractivity contribution is 0.131. The maximum Gasteiger partial charge on any atom is 0.131 e. The summed E-state index contributed by atoms with van der Waals surface area (Å²) < 4.78 is 47.6. The molecular weight excluding hydrogens is 1360 g/mol. The highest BCUT2D eigenvalue weighted by Crippen LogP contribution is 2.59. The fourth-order valence-electron chi connectivity index (χ4n) is 21.4. The molecule has 0 spiro atoms. The molecule has 0 saturated heterocycles. The van der Waals surface area contributed by atoms with Crippen molar-refractivity contribution in [2.75, 3.05) is 0 Å². The molecule has 0 aliphatic heterocycles. The molecular formula is C105H130F2O4. The van der Waals surface area contributed by atoms with Crippen LogP contribution in [0.5, 0.6) is 23.0 Å². The zero-order valence-corrected chi connectivity index (χ0v) is 72.9. The van der Waals surface area contributed by atoms with Crippen LogP contribution < -0.4 is 9.47 Å². The first-order valence-corrected chi connectivity index (χ1v) is 42.0. The van der Waals surface area contributed by atoms with Gasteiger partial charge in [0.2, 0.25) is 0 Å². The third-order valence-electron chi connectivity index (χ3n) is 27.8. The van der Waals surface area contributed by atoms with Gasteiger partial charge in [0.25, 0.3) is 0 Å². The van der Waals surface area contributed by atoms with Gasteiger partial charge in [0.1, 0.15) is 34.6 Å². The van der Waals surface area contributed by atoms with E-state index in [9.17, 15) is 10.2 Å². The number of benzene rings is 10. The normalized spacial score (nSPS) is 19.3. The molecule has 4 nitrogen and oxygen atoms in total. The molecule has 14 rings (SSSR count). The molecule has 2 atom stereocenters. The number of ether oxygens (including phenoxy) is 2. The van der Waals surface area contributed by atoms with E-state index in [1.54, 1.807) is 12.1 Å². The summed E-state index contributed by atoms with van der Waals surface area (Å²) in [5.41, 5.74) is 16.9. The van der Waals surface area contributed by atoms with Crippen LogP contribution in [0.2, 0.25) is 0 Å². The monoisotopic (exact) mass is 1490 g/mol. The average molecular weight is 1490 g/mol. The maximum absolute atomic E-state index is 16.6. The molecule has 10 aromatic carbocycles. The summed E-state index contributed by atoms with van der Waals surface area (Å²) in [6, 6.07) is 42.6. The number of hydrogen-bond donors (Lipinski definition) is 2. The van der Waals surface area contributed by atoms with E-state index in [1.807, 2.05) is 13.8 Å². The van der Waals surface area contributed by atoms with Gasteiger partial charge in [0, 0.05) is 50.9 Å². The molecule has 111 heavy (non-hydrogen) atoms. The van der Waals surface area contributed by atoms with Gasteiger partial charge in [0.05, 0.1) is 12.2 Å². The number of halogens is 2. The van der Waals surface area contributed by atoms with Crippen molar-refractivity contribution in [2.45, 2.75) is 331 Å². The van der Waals surface area contributed by atoms with Crippen molar-refractivity contribution in [1.29, 1.82) is 0 Å². The summed E-state index contributed by atoms with van der Waals surface area (Å²) in [6.45, 7) is 65.2. The minimum atomic E-state index is -0.515. The van der Waals surface area contributed by atoms with E-state index in [1.165, 1.54) is 68.8 Å². The Bertz CT molecular complexity index is 4920. The van der Waals surface area contributed by atoms with Crippen molar-refractivity contribution in [3.05, 3.63) is 189 Å². The van der Waals surface area contributed by atoms with Crippen molar-refractivity contribution >= 4 is 43.1 Å². The predicted octanol–water partition coefficient (Wildman–Crippen LogP) is 30.1. The van der Waals surface area contributed by atoms with Crippen LogP contribution in [0.4, 0.5) is 8.78 Å². The molecule has 0 heterocycles. The molecule has 2 N–H and O–H groups in total. The lowest BCUT2D eigenvalue weighted by Crippen LogP contribution is -2.34. The Balaban J connectivity index is 0.900. The Morgan fingerprint density at radius 2 is 0.550 bits per heavy atom. The van der Waals surface area contributed by atoms with Crippen LogP contribution in [0.1, 0.15) is 320 Å². The Hall–Kier alpha value is -7.70. The van der Waals surface area contributed by atoms with Crippen LogP contribution in [-0.2, 0) is 54.1 Å². The number of hydrogen-bond acceptors (Lipinski definition) is 4. The highest BCUT2D eigenvalue weighted by Gasteiger charge is 2.44. The molecule has 4 aliphatic carbocycles. The van der Waals surface area contributed by atoms with E-state index >= 15 is 8.78 Å². The average Bonchev–Trinajstić information content (AvgIpc) is 0.711. The topological polar surface area (TPSA) is 58.9 Å². The van der Waals surface area contributed by atoms with Crippen molar-refractivity contribution in [3.63, 3.8) is 0 Å². The summed E-state index contributed by atoms with van der Waals surface area (Å²) >= 11 is 0. The Labute approximate surface area is 665 Å². The van der Waals surface area contributed by atoms with Crippen molar-refractivity contribution in [1.82, 2.24) is 0 Å². The van der Waals surface area contributed by atoms with E-state index in [0.29, 0.717) is 51.3 Å². The van der Waals surface area contributed by atoms with Crippen LogP contribution >= 0.6 is 0 Å². The molecule has 0 fully saturated rings. The second-order valence-electron chi connectivity index (χ2n) is 44.5. The molecule has 0 radical (unpaired) electrons. The number of phenols is 2. The van der Waals surface area contributed by atoms with Gasteiger partial charge >= 0.3 is 0 Å². The molecule has 0 amide bonds. The van der Waals surface area contributed by atoms with Gasteiger partial charge in [0.15, 0.2) is 0 Å². The second-order valence-corrected chi connectivity index (χ2v) is 44.5. The lowest BCUT2D eigenvalue weighted by atomic mass is 9.62. The van der Waals surface area contributed by atoms with Gasteiger partial charge in [-0.15, -0.1) is 0 Å². The zero-order valence-electron chi connectivity index (χ0n) is 72.9. The van der Waals surface area contributed by atoms with Crippen LogP contribution in [0.25, 0.3) is 87.6 Å². The van der Waals surface area contributed by atoms with Gasteiger partial charge < -0.3 is 19.7 Å². The highest BCUT2D eigenvalue weighted by molar-refractivity contribution is 6.17. The number of rotatable bonds is 14. The number of aromatic hydroxyl groups is 2. The van der Waals surface area contributed by atoms with E-state index in [2.05, 4.69) is 265 Å². The molecule has 4 aliphatic rings. The quantitative estimate of drug-likeness (QED) is 0.107. The molecule has 6 heteroatoms. The molecule has 588 valence electrons. The van der Waals surface area contributed by atoms with Gasteiger partial charge in [-0.2, -0.15) is 0 Å². The number of phenolic OH excluding ortho intramolecular Hbond substituents is 2. The standard InChI is InChI=1S/C105H130F2O4/c1-60(110-88-31-29-68(106)52-74(88)76-48-66(104(25,26)58-94(3,4)5)50-78(92(76)108)90-70-54-84-80(96(9,10)33-37-100(84,17)18)44-62(70)42-63-45-81-85(55-71(63)90)101(19,20)38-34-97(81,11)12)41-61(2)111-89-32-30-69(107)53-75(89)77-49-67(105(27,28)59-95(6,7)8)51-79(93(77)109)91-72-56-86-82(98(13,14)35-39-102(86,21)22)46-64(72)43-65-47-83-87(57-73(65)91)103(23,24)40-36-99(83,15)16/h29-32,42-57,60-61,108-109H,33-41,58-59H2,1-28H3/t60-,61+. The zero-order chi connectivity index (χ0) is 81.0. The molecule has 0 unspecified atom stereocenters. The fraction of sp³-hybridized carbons (Fsp3) is 0.505. The summed E-state index contributed by atoms with van der Waals surface area (Å²) in [6.07, 6.45) is 9.60. The van der Waals surface area contributed by atoms with Crippen LogP contribution in [0, 0.1) is 22.5 Å². The van der Waals surface area contributed by atoms with Crippen molar-refractivity contribution in [2.24, 2.45) is 10.8 Å². The Morgan fingerprint density at radius 1 is 0.315 bits per heavy atom. The Kier molecular flexibility index (Phi) is 19.0. The second kappa shape index (κ2) is 26.4.